The lowest BCUT2D eigenvalue weighted by Gasteiger charge is -2.33. The van der Waals surface area contributed by atoms with Crippen LogP contribution in [-0.2, 0) is 27.5 Å². The van der Waals surface area contributed by atoms with Gasteiger partial charge in [-0.05, 0) is 52.8 Å². The summed E-state index contributed by atoms with van der Waals surface area (Å²) >= 11 is 0. The molecule has 30 heavy (non-hydrogen) atoms. The molecule has 0 amide bonds. The van der Waals surface area contributed by atoms with Crippen molar-refractivity contribution in [3.63, 3.8) is 0 Å². The number of rotatable bonds is 5. The number of hydrogen-bond donors (Lipinski definition) is 1. The molecule has 1 N–H and O–H groups in total. The maximum Gasteiger partial charge on any atom is 0.416 e. The predicted molar refractivity (Wildman–Crippen MR) is 107 cm³/mol. The molecule has 3 rings (SSSR count). The molecule has 0 unspecified atom stereocenters. The van der Waals surface area contributed by atoms with Crippen molar-refractivity contribution in [3.8, 4) is 0 Å². The second-order valence-corrected chi connectivity index (χ2v) is 8.51. The maximum absolute atomic E-state index is 13.3. The van der Waals surface area contributed by atoms with Crippen molar-refractivity contribution in [2.45, 2.75) is 51.1 Å². The molecule has 2 atom stereocenters. The average Bonchev–Trinajstić information content (AvgIpc) is 2.67. The van der Waals surface area contributed by atoms with Crippen molar-refractivity contribution in [2.75, 3.05) is 19.8 Å². The van der Waals surface area contributed by atoms with Crippen molar-refractivity contribution in [1.29, 1.82) is 0 Å². The molecule has 0 aliphatic carbocycles. The van der Waals surface area contributed by atoms with E-state index in [0.717, 1.165) is 5.56 Å². The molecule has 7 heteroatoms. The molecular formula is C23H27F4NO2. The fourth-order valence-electron chi connectivity index (χ4n) is 3.40. The summed E-state index contributed by atoms with van der Waals surface area (Å²) in [5, 5.41) is 3.29. The normalized spacial score (nSPS) is 20.4. The van der Waals surface area contributed by atoms with Gasteiger partial charge in [0.1, 0.15) is 5.82 Å². The van der Waals surface area contributed by atoms with Crippen LogP contribution in [0.3, 0.4) is 0 Å². The molecule has 2 aromatic rings. The van der Waals surface area contributed by atoms with Crippen molar-refractivity contribution >= 4 is 0 Å². The van der Waals surface area contributed by atoms with Crippen LogP contribution < -0.4 is 5.32 Å². The zero-order chi connectivity index (χ0) is 21.9. The quantitative estimate of drug-likeness (QED) is 0.652. The molecule has 3 nitrogen and oxygen atoms in total. The molecule has 0 aromatic heterocycles. The van der Waals surface area contributed by atoms with Gasteiger partial charge in [-0.2, -0.15) is 13.2 Å². The van der Waals surface area contributed by atoms with Gasteiger partial charge in [-0.3, -0.25) is 0 Å². The van der Waals surface area contributed by atoms with E-state index in [1.807, 2.05) is 20.8 Å². The lowest BCUT2D eigenvalue weighted by molar-refractivity contribution is -0.176. The molecule has 0 spiro atoms. The highest BCUT2D eigenvalue weighted by atomic mass is 19.4. The van der Waals surface area contributed by atoms with Gasteiger partial charge >= 0.3 is 6.18 Å². The summed E-state index contributed by atoms with van der Waals surface area (Å²) < 4.78 is 64.8. The third kappa shape index (κ3) is 5.80. The SMILES string of the molecule is CC(C)(C)c1cc(CCO[C@@H]2OCCN[C@H]2c2ccc(F)cc2)cc(C(F)(F)F)c1. The second kappa shape index (κ2) is 9.04. The van der Waals surface area contributed by atoms with Gasteiger partial charge in [0.2, 0.25) is 0 Å². The zero-order valence-corrected chi connectivity index (χ0v) is 17.4. The number of morpholine rings is 1. The Bertz CT molecular complexity index is 812. The smallest absolute Gasteiger partial charge is 0.350 e. The Morgan fingerprint density at radius 3 is 2.33 bits per heavy atom. The van der Waals surface area contributed by atoms with E-state index in [-0.39, 0.29) is 18.5 Å². The highest BCUT2D eigenvalue weighted by Gasteiger charge is 2.32. The van der Waals surface area contributed by atoms with E-state index in [4.69, 9.17) is 9.47 Å². The molecule has 1 fully saturated rings. The third-order valence-corrected chi connectivity index (χ3v) is 5.11. The molecule has 0 radical (unpaired) electrons. The van der Waals surface area contributed by atoms with E-state index in [2.05, 4.69) is 5.32 Å². The minimum atomic E-state index is -4.40. The Kier molecular flexibility index (Phi) is 6.84. The summed E-state index contributed by atoms with van der Waals surface area (Å²) in [5.74, 6) is -0.327. The van der Waals surface area contributed by atoms with Gasteiger partial charge in [0, 0.05) is 6.54 Å². The Hall–Kier alpha value is -1.96. The summed E-state index contributed by atoms with van der Waals surface area (Å²) in [6.45, 7) is 6.95. The maximum atomic E-state index is 13.3. The zero-order valence-electron chi connectivity index (χ0n) is 17.4. The van der Waals surface area contributed by atoms with E-state index >= 15 is 0 Å². The number of halogens is 4. The first-order chi connectivity index (χ1) is 14.0. The molecule has 0 saturated carbocycles. The van der Waals surface area contributed by atoms with E-state index < -0.39 is 23.4 Å². The fraction of sp³-hybridized carbons (Fsp3) is 0.478. The second-order valence-electron chi connectivity index (χ2n) is 8.51. The van der Waals surface area contributed by atoms with Crippen LogP contribution in [0.2, 0.25) is 0 Å². The van der Waals surface area contributed by atoms with Crippen LogP contribution in [0.1, 0.15) is 49.1 Å². The Morgan fingerprint density at radius 1 is 1.03 bits per heavy atom. The molecule has 0 bridgehead atoms. The number of ether oxygens (including phenoxy) is 2. The van der Waals surface area contributed by atoms with Crippen LogP contribution in [0.25, 0.3) is 0 Å². The van der Waals surface area contributed by atoms with Gasteiger partial charge in [-0.15, -0.1) is 0 Å². The van der Waals surface area contributed by atoms with Gasteiger partial charge in [-0.1, -0.05) is 39.0 Å². The topological polar surface area (TPSA) is 30.5 Å². The van der Waals surface area contributed by atoms with Crippen LogP contribution in [0.4, 0.5) is 17.6 Å². The predicted octanol–water partition coefficient (Wildman–Crippen LogP) is 5.39. The number of hydrogen-bond acceptors (Lipinski definition) is 3. The highest BCUT2D eigenvalue weighted by Crippen LogP contribution is 2.34. The summed E-state index contributed by atoms with van der Waals surface area (Å²) in [7, 11) is 0. The molecule has 1 saturated heterocycles. The summed E-state index contributed by atoms with van der Waals surface area (Å²) in [5.41, 5.74) is 0.977. The van der Waals surface area contributed by atoms with Gasteiger partial charge in [-0.25, -0.2) is 4.39 Å². The standard InChI is InChI=1S/C23H27F4NO2/c1-22(2,3)17-12-15(13-18(14-17)23(25,26)27)8-10-29-21-20(28-9-11-30-21)16-4-6-19(24)7-5-16/h4-7,12-14,20-21,28H,8-11H2,1-3H3/t20-,21+/m0/s1. The van der Waals surface area contributed by atoms with E-state index in [0.29, 0.717) is 30.7 Å². The molecule has 1 heterocycles. The largest absolute Gasteiger partial charge is 0.416 e. The fourth-order valence-corrected chi connectivity index (χ4v) is 3.40. The van der Waals surface area contributed by atoms with Crippen LogP contribution in [-0.4, -0.2) is 26.0 Å². The van der Waals surface area contributed by atoms with Crippen molar-refractivity contribution in [2.24, 2.45) is 0 Å². The molecule has 2 aromatic carbocycles. The third-order valence-electron chi connectivity index (χ3n) is 5.11. The number of nitrogens with one attached hydrogen (secondary N) is 1. The van der Waals surface area contributed by atoms with Crippen molar-refractivity contribution in [1.82, 2.24) is 5.32 Å². The molecule has 1 aliphatic rings. The van der Waals surface area contributed by atoms with E-state index in [9.17, 15) is 17.6 Å². The van der Waals surface area contributed by atoms with Gasteiger partial charge in [0.15, 0.2) is 6.29 Å². The number of benzene rings is 2. The van der Waals surface area contributed by atoms with Crippen LogP contribution >= 0.6 is 0 Å². The van der Waals surface area contributed by atoms with Crippen LogP contribution in [0.15, 0.2) is 42.5 Å². The summed E-state index contributed by atoms with van der Waals surface area (Å²) in [6, 6.07) is 10.0. The van der Waals surface area contributed by atoms with Gasteiger partial charge in [0.25, 0.3) is 0 Å². The Labute approximate surface area is 174 Å². The lowest BCUT2D eigenvalue weighted by atomic mass is 9.84. The van der Waals surface area contributed by atoms with Crippen LogP contribution in [0.5, 0.6) is 0 Å². The molecular weight excluding hydrogens is 398 g/mol. The first kappa shape index (κ1) is 22.7. The Balaban J connectivity index is 1.70. The number of alkyl halides is 3. The van der Waals surface area contributed by atoms with Crippen molar-refractivity contribution < 1.29 is 27.0 Å². The molecule has 1 aliphatic heterocycles. The van der Waals surface area contributed by atoms with Gasteiger partial charge < -0.3 is 14.8 Å². The average molecular weight is 425 g/mol. The summed E-state index contributed by atoms with van der Waals surface area (Å²) in [6.07, 6.45) is -4.68. The monoisotopic (exact) mass is 425 g/mol. The van der Waals surface area contributed by atoms with Gasteiger partial charge in [0.05, 0.1) is 24.8 Å². The lowest BCUT2D eigenvalue weighted by Crippen LogP contribution is -2.43. The summed E-state index contributed by atoms with van der Waals surface area (Å²) in [4.78, 5) is 0. The van der Waals surface area contributed by atoms with E-state index in [1.165, 1.54) is 24.3 Å². The first-order valence-corrected chi connectivity index (χ1v) is 9.98. The highest BCUT2D eigenvalue weighted by molar-refractivity contribution is 5.35. The Morgan fingerprint density at radius 2 is 1.70 bits per heavy atom. The molecule has 164 valence electrons. The van der Waals surface area contributed by atoms with E-state index in [1.54, 1.807) is 18.2 Å². The van der Waals surface area contributed by atoms with Crippen LogP contribution in [0, 0.1) is 5.82 Å². The van der Waals surface area contributed by atoms with Crippen molar-refractivity contribution in [3.05, 3.63) is 70.5 Å². The minimum absolute atomic E-state index is 0.203. The first-order valence-electron chi connectivity index (χ1n) is 9.98. The minimum Gasteiger partial charge on any atom is -0.350 e.